The Labute approximate surface area is 421 Å². The van der Waals surface area contributed by atoms with Gasteiger partial charge in [-0.15, -0.1) is 0 Å². The lowest BCUT2D eigenvalue weighted by atomic mass is 9.86. The minimum atomic E-state index is -0.955. The van der Waals surface area contributed by atoms with Crippen molar-refractivity contribution in [2.75, 3.05) is 0 Å². The first kappa shape index (κ1) is 44.3. The topological polar surface area (TPSA) is 52.1 Å². The van der Waals surface area contributed by atoms with Crippen LogP contribution in [-0.4, -0.2) is 9.97 Å². The van der Waals surface area contributed by atoms with Crippen molar-refractivity contribution in [3.05, 3.63) is 254 Å². The summed E-state index contributed by atoms with van der Waals surface area (Å²) in [5.41, 5.74) is 10.8. The van der Waals surface area contributed by atoms with Gasteiger partial charge in [0.05, 0.1) is 0 Å². The maximum Gasteiger partial charge on any atom is 0.227 e. The van der Waals surface area contributed by atoms with Crippen molar-refractivity contribution in [2.24, 2.45) is 0 Å². The first-order valence-corrected chi connectivity index (χ1v) is 24.1. The molecule has 0 fully saturated rings. The molecule has 0 N–H and O–H groups in total. The Bertz CT molecular complexity index is 4260. The average Bonchev–Trinajstić information content (AvgIpc) is 4.12. The minimum Gasteiger partial charge on any atom is -0.436 e. The normalized spacial score (nSPS) is 11.5. The molecular formula is C66H38F4N2O2. The quantitative estimate of drug-likeness (QED) is 0.123. The van der Waals surface area contributed by atoms with Crippen molar-refractivity contribution in [1.29, 1.82) is 0 Å². The zero-order valence-electron chi connectivity index (χ0n) is 39.2. The van der Waals surface area contributed by atoms with Gasteiger partial charge < -0.3 is 8.83 Å². The highest BCUT2D eigenvalue weighted by molar-refractivity contribution is 6.22. The highest BCUT2D eigenvalue weighted by Gasteiger charge is 2.21. The van der Waals surface area contributed by atoms with Crippen molar-refractivity contribution < 1.29 is 26.4 Å². The highest BCUT2D eigenvalue weighted by Crippen LogP contribution is 2.46. The summed E-state index contributed by atoms with van der Waals surface area (Å²) in [7, 11) is 0. The van der Waals surface area contributed by atoms with Gasteiger partial charge >= 0.3 is 0 Å². The van der Waals surface area contributed by atoms with Crippen LogP contribution in [0, 0.1) is 23.3 Å². The van der Waals surface area contributed by atoms with Crippen LogP contribution in [0.5, 0.6) is 0 Å². The largest absolute Gasteiger partial charge is 0.436 e. The van der Waals surface area contributed by atoms with Gasteiger partial charge in [0.2, 0.25) is 11.8 Å². The van der Waals surface area contributed by atoms with E-state index in [0.29, 0.717) is 11.5 Å². The van der Waals surface area contributed by atoms with Gasteiger partial charge in [0, 0.05) is 23.3 Å². The number of benzene rings is 12. The van der Waals surface area contributed by atoms with Crippen LogP contribution >= 0.6 is 0 Å². The van der Waals surface area contributed by atoms with Crippen molar-refractivity contribution >= 4 is 65.3 Å². The molecule has 0 bridgehead atoms. The van der Waals surface area contributed by atoms with Gasteiger partial charge in [0.15, 0.2) is 34.4 Å². The van der Waals surface area contributed by atoms with Crippen LogP contribution in [0.2, 0.25) is 0 Å². The lowest BCUT2D eigenvalue weighted by Crippen LogP contribution is -1.90. The fourth-order valence-corrected chi connectivity index (χ4v) is 10.4. The van der Waals surface area contributed by atoms with Crippen molar-refractivity contribution in [3.8, 4) is 67.4 Å². The third-order valence-electron chi connectivity index (χ3n) is 13.7. The predicted molar refractivity (Wildman–Crippen MR) is 290 cm³/mol. The number of rotatable bonds is 6. The van der Waals surface area contributed by atoms with E-state index >= 15 is 0 Å². The molecule has 0 spiro atoms. The monoisotopic (exact) mass is 966 g/mol. The first-order valence-electron chi connectivity index (χ1n) is 24.1. The van der Waals surface area contributed by atoms with E-state index in [2.05, 4.69) is 156 Å². The lowest BCUT2D eigenvalue weighted by molar-refractivity contribution is 0.507. The summed E-state index contributed by atoms with van der Waals surface area (Å²) in [6.07, 6.45) is 0. The van der Waals surface area contributed by atoms with E-state index in [1.807, 2.05) is 60.7 Å². The van der Waals surface area contributed by atoms with Gasteiger partial charge in [-0.3, -0.25) is 0 Å². The third-order valence-corrected chi connectivity index (χ3v) is 13.7. The van der Waals surface area contributed by atoms with E-state index < -0.39 is 23.3 Å². The summed E-state index contributed by atoms with van der Waals surface area (Å²) in [5, 5.41) is 9.37. The van der Waals surface area contributed by atoms with Gasteiger partial charge in [0.25, 0.3) is 0 Å². The molecule has 0 radical (unpaired) electrons. The van der Waals surface area contributed by atoms with Gasteiger partial charge in [-0.2, -0.15) is 0 Å². The summed E-state index contributed by atoms with van der Waals surface area (Å²) in [6, 6.07) is 74.8. The van der Waals surface area contributed by atoms with E-state index in [0.717, 1.165) is 62.9 Å². The lowest BCUT2D eigenvalue weighted by Gasteiger charge is -2.17. The molecule has 352 valence electrons. The zero-order valence-corrected chi connectivity index (χ0v) is 39.2. The fourth-order valence-electron chi connectivity index (χ4n) is 10.4. The number of halogens is 4. The Morgan fingerprint density at radius 3 is 0.986 bits per heavy atom. The van der Waals surface area contributed by atoms with Crippen LogP contribution in [0.1, 0.15) is 0 Å². The van der Waals surface area contributed by atoms with E-state index in [9.17, 15) is 17.6 Å². The molecular weight excluding hydrogens is 929 g/mol. The summed E-state index contributed by atoms with van der Waals surface area (Å²) >= 11 is 0. The van der Waals surface area contributed by atoms with Crippen LogP contribution in [0.3, 0.4) is 0 Å². The second-order valence-electron chi connectivity index (χ2n) is 18.0. The van der Waals surface area contributed by atoms with Gasteiger partial charge in [-0.25, -0.2) is 27.5 Å². The number of oxazole rings is 2. The second kappa shape index (κ2) is 18.2. The fraction of sp³-hybridized carbons (Fsp3) is 0. The van der Waals surface area contributed by atoms with Crippen LogP contribution in [0.4, 0.5) is 17.6 Å². The summed E-state index contributed by atoms with van der Waals surface area (Å²) < 4.78 is 66.9. The molecule has 2 aromatic heterocycles. The Kier molecular flexibility index (Phi) is 10.9. The van der Waals surface area contributed by atoms with Crippen LogP contribution in [0.15, 0.2) is 239 Å². The number of hydrogen-bond acceptors (Lipinski definition) is 4. The Hall–Kier alpha value is -9.66. The third kappa shape index (κ3) is 7.63. The molecule has 74 heavy (non-hydrogen) atoms. The van der Waals surface area contributed by atoms with Crippen molar-refractivity contribution in [1.82, 2.24) is 9.97 Å². The first-order chi connectivity index (χ1) is 36.4. The summed E-state index contributed by atoms with van der Waals surface area (Å²) in [6.45, 7) is 0. The number of nitrogens with zero attached hydrogens (tertiary/aromatic N) is 2. The molecule has 4 nitrogen and oxygen atoms in total. The van der Waals surface area contributed by atoms with E-state index in [4.69, 9.17) is 8.83 Å². The molecule has 12 aromatic carbocycles. The maximum absolute atomic E-state index is 14.1. The SMILES string of the molecule is Fc1cc2nc(-c3ccc(-c4c5ccccc5c(-c5ccccc5)c5ccccc45)cc3)oc2cc1F.Fc1ccc(F)c2oc(-c3ccc(-c4c5ccccc5c(-c5ccccc5)c5ccccc45)cc3)nc12. The minimum absolute atomic E-state index is 0.104. The molecule has 0 aliphatic carbocycles. The standard InChI is InChI=1S/2C33H19F2NO/c34-27-18-29-30(19-28(27)35)37-33(36-29)22-16-14-21(15-17-22)32-25-12-6-4-10-23(25)31(20-8-2-1-3-9-20)24-11-5-7-13-26(24)32;34-27-18-19-28(35)32-31(27)36-33(37-32)22-16-14-21(15-17-22)30-25-12-6-4-10-23(25)29(20-8-2-1-3-9-20)24-11-5-7-13-26(24)30/h2*1-19H. The van der Waals surface area contributed by atoms with E-state index in [1.54, 1.807) is 0 Å². The summed E-state index contributed by atoms with van der Waals surface area (Å²) in [5.74, 6) is -2.65. The Morgan fingerprint density at radius 2 is 0.595 bits per heavy atom. The van der Waals surface area contributed by atoms with E-state index in [1.165, 1.54) is 54.6 Å². The maximum atomic E-state index is 14.1. The van der Waals surface area contributed by atoms with Gasteiger partial charge in [-0.1, -0.05) is 182 Å². The summed E-state index contributed by atoms with van der Waals surface area (Å²) in [4.78, 5) is 8.57. The molecule has 0 aliphatic heterocycles. The van der Waals surface area contributed by atoms with Gasteiger partial charge in [0.1, 0.15) is 11.0 Å². The van der Waals surface area contributed by atoms with Crippen LogP contribution in [-0.2, 0) is 0 Å². The zero-order chi connectivity index (χ0) is 49.9. The molecule has 8 heteroatoms. The number of aromatic nitrogens is 2. The molecule has 0 saturated heterocycles. The van der Waals surface area contributed by atoms with E-state index in [-0.39, 0.29) is 28.1 Å². The predicted octanol–water partition coefficient (Wildman–Crippen LogP) is 18.8. The number of fused-ring (bicyclic) bond motifs is 6. The Morgan fingerprint density at radius 1 is 0.270 bits per heavy atom. The molecule has 0 unspecified atom stereocenters. The van der Waals surface area contributed by atoms with Crippen molar-refractivity contribution in [3.63, 3.8) is 0 Å². The second-order valence-corrected chi connectivity index (χ2v) is 18.0. The molecule has 0 atom stereocenters. The highest BCUT2D eigenvalue weighted by atomic mass is 19.2. The molecule has 0 aliphatic rings. The molecule has 0 amide bonds. The average molecular weight is 967 g/mol. The molecule has 14 rings (SSSR count). The number of hydrogen-bond donors (Lipinski definition) is 0. The van der Waals surface area contributed by atoms with Crippen LogP contribution < -0.4 is 0 Å². The van der Waals surface area contributed by atoms with Crippen LogP contribution in [0.25, 0.3) is 133 Å². The Balaban J connectivity index is 0.000000143. The van der Waals surface area contributed by atoms with Gasteiger partial charge in [-0.05, 0) is 124 Å². The molecule has 2 heterocycles. The smallest absolute Gasteiger partial charge is 0.227 e. The molecule has 14 aromatic rings. The van der Waals surface area contributed by atoms with Crippen molar-refractivity contribution in [2.45, 2.75) is 0 Å². The molecule has 0 saturated carbocycles.